The number of ether oxygens (including phenoxy) is 3. The second-order valence-corrected chi connectivity index (χ2v) is 2.80. The minimum absolute atomic E-state index is 0.189. The number of hydrogen-bond acceptors (Lipinski definition) is 3. The van der Waals surface area contributed by atoms with Crippen LogP contribution in [0.3, 0.4) is 0 Å². The lowest BCUT2D eigenvalue weighted by Gasteiger charge is -2.30. The molecule has 0 aromatic heterocycles. The topological polar surface area (TPSA) is 27.7 Å². The highest BCUT2D eigenvalue weighted by atomic mass is 35.5. The van der Waals surface area contributed by atoms with Gasteiger partial charge in [-0.1, -0.05) is 6.92 Å². The van der Waals surface area contributed by atoms with Gasteiger partial charge in [0.15, 0.2) is 0 Å². The molecule has 0 aliphatic heterocycles. The minimum Gasteiger partial charge on any atom is -0.327 e. The number of hydrogen-bond donors (Lipinski definition) is 0. The molecule has 0 N–H and O–H groups in total. The Morgan fingerprint density at radius 3 is 1.85 bits per heavy atom. The lowest BCUT2D eigenvalue weighted by atomic mass is 10.5. The van der Waals surface area contributed by atoms with E-state index in [-0.39, 0.29) is 5.88 Å². The van der Waals surface area contributed by atoms with Crippen molar-refractivity contribution >= 4 is 11.6 Å². The Hall–Kier alpha value is 0.170. The second-order valence-electron chi connectivity index (χ2n) is 2.53. The highest BCUT2D eigenvalue weighted by molar-refractivity contribution is 6.18. The Labute approximate surface area is 85.3 Å². The van der Waals surface area contributed by atoms with Crippen molar-refractivity contribution in [2.24, 2.45) is 0 Å². The van der Waals surface area contributed by atoms with Crippen LogP contribution < -0.4 is 0 Å². The molecule has 0 atom stereocenters. The van der Waals surface area contributed by atoms with Gasteiger partial charge in [-0.15, -0.1) is 11.6 Å². The van der Waals surface area contributed by atoms with Gasteiger partial charge < -0.3 is 14.2 Å². The van der Waals surface area contributed by atoms with Crippen LogP contribution in [-0.2, 0) is 14.2 Å². The van der Waals surface area contributed by atoms with E-state index in [9.17, 15) is 0 Å². The molecule has 0 aromatic rings. The Balaban J connectivity index is 4.07. The molecule has 0 fully saturated rings. The molecule has 13 heavy (non-hydrogen) atoms. The van der Waals surface area contributed by atoms with Crippen LogP contribution in [0.1, 0.15) is 27.2 Å². The minimum atomic E-state index is -1.04. The Morgan fingerprint density at radius 1 is 1.00 bits per heavy atom. The van der Waals surface area contributed by atoms with E-state index in [0.717, 1.165) is 6.42 Å². The predicted molar refractivity (Wildman–Crippen MR) is 52.9 cm³/mol. The summed E-state index contributed by atoms with van der Waals surface area (Å²) in [5, 5.41) is 0. The highest BCUT2D eigenvalue weighted by Crippen LogP contribution is 2.17. The summed E-state index contributed by atoms with van der Waals surface area (Å²) in [5.41, 5.74) is 0. The summed E-state index contributed by atoms with van der Waals surface area (Å²) in [4.78, 5) is 0. The predicted octanol–water partition coefficient (Wildman–Crippen LogP) is 2.38. The van der Waals surface area contributed by atoms with Crippen molar-refractivity contribution in [2.75, 3.05) is 25.7 Å². The molecule has 80 valence electrons. The molecule has 0 aromatic carbocycles. The first-order valence-corrected chi connectivity index (χ1v) is 5.26. The first-order valence-electron chi connectivity index (χ1n) is 4.72. The van der Waals surface area contributed by atoms with Crippen LogP contribution in [0.4, 0.5) is 0 Å². The number of alkyl halides is 1. The van der Waals surface area contributed by atoms with E-state index in [1.165, 1.54) is 0 Å². The van der Waals surface area contributed by atoms with E-state index in [2.05, 4.69) is 0 Å². The molecule has 0 saturated heterocycles. The fourth-order valence-electron chi connectivity index (χ4n) is 0.938. The van der Waals surface area contributed by atoms with Crippen molar-refractivity contribution in [2.45, 2.75) is 33.2 Å². The van der Waals surface area contributed by atoms with Gasteiger partial charge >= 0.3 is 0 Å². The van der Waals surface area contributed by atoms with Crippen LogP contribution in [0.15, 0.2) is 0 Å². The zero-order chi connectivity index (χ0) is 10.2. The quantitative estimate of drug-likeness (QED) is 0.455. The van der Waals surface area contributed by atoms with Crippen LogP contribution in [0.25, 0.3) is 0 Å². The monoisotopic (exact) mass is 210 g/mol. The fourth-order valence-corrected chi connectivity index (χ4v) is 1.17. The molecule has 0 spiro atoms. The van der Waals surface area contributed by atoms with E-state index in [1.807, 2.05) is 20.8 Å². The molecule has 0 radical (unpaired) electrons. The average Bonchev–Trinajstić information content (AvgIpc) is 2.15. The van der Waals surface area contributed by atoms with Crippen LogP contribution >= 0.6 is 11.6 Å². The molecule has 0 heterocycles. The summed E-state index contributed by atoms with van der Waals surface area (Å²) in [6.07, 6.45) is 0.915. The van der Waals surface area contributed by atoms with Gasteiger partial charge in [0.1, 0.15) is 5.88 Å². The van der Waals surface area contributed by atoms with Crippen molar-refractivity contribution < 1.29 is 14.2 Å². The van der Waals surface area contributed by atoms with Gasteiger partial charge in [0.25, 0.3) is 5.97 Å². The summed E-state index contributed by atoms with van der Waals surface area (Å²) in [7, 11) is 0. The van der Waals surface area contributed by atoms with Crippen molar-refractivity contribution in [1.82, 2.24) is 0 Å². The summed E-state index contributed by atoms with van der Waals surface area (Å²) >= 11 is 5.74. The molecule has 0 bridgehead atoms. The standard InChI is InChI=1S/C9H19ClO3/c1-4-7-13-9(8-10,11-5-2)12-6-3/h4-8H2,1-3H3. The third-order valence-corrected chi connectivity index (χ3v) is 1.75. The maximum absolute atomic E-state index is 5.74. The average molecular weight is 211 g/mol. The lowest BCUT2D eigenvalue weighted by Crippen LogP contribution is -2.41. The molecular weight excluding hydrogens is 192 g/mol. The van der Waals surface area contributed by atoms with E-state index in [0.29, 0.717) is 19.8 Å². The molecular formula is C9H19ClO3. The Bertz CT molecular complexity index is 113. The van der Waals surface area contributed by atoms with Gasteiger partial charge in [0.2, 0.25) is 0 Å². The van der Waals surface area contributed by atoms with Crippen molar-refractivity contribution in [3.8, 4) is 0 Å². The van der Waals surface area contributed by atoms with E-state index in [1.54, 1.807) is 0 Å². The third-order valence-electron chi connectivity index (χ3n) is 1.42. The Kier molecular flexibility index (Phi) is 7.66. The lowest BCUT2D eigenvalue weighted by molar-refractivity contribution is -0.364. The normalized spacial score (nSPS) is 12.0. The largest absolute Gasteiger partial charge is 0.327 e. The third kappa shape index (κ3) is 4.81. The van der Waals surface area contributed by atoms with Gasteiger partial charge in [0.05, 0.1) is 6.61 Å². The fraction of sp³-hybridized carbons (Fsp3) is 1.00. The zero-order valence-electron chi connectivity index (χ0n) is 8.64. The van der Waals surface area contributed by atoms with Crippen molar-refractivity contribution in [3.63, 3.8) is 0 Å². The molecule has 4 heteroatoms. The van der Waals surface area contributed by atoms with E-state index >= 15 is 0 Å². The molecule has 3 nitrogen and oxygen atoms in total. The molecule has 0 aliphatic rings. The zero-order valence-corrected chi connectivity index (χ0v) is 9.39. The molecule has 0 unspecified atom stereocenters. The summed E-state index contributed by atoms with van der Waals surface area (Å²) in [5.74, 6) is -0.851. The smallest absolute Gasteiger partial charge is 0.297 e. The van der Waals surface area contributed by atoms with Gasteiger partial charge in [0, 0.05) is 13.2 Å². The molecule has 0 aliphatic carbocycles. The summed E-state index contributed by atoms with van der Waals surface area (Å²) in [6.45, 7) is 7.43. The van der Waals surface area contributed by atoms with Crippen molar-refractivity contribution in [3.05, 3.63) is 0 Å². The maximum Gasteiger partial charge on any atom is 0.297 e. The highest BCUT2D eigenvalue weighted by Gasteiger charge is 2.31. The first kappa shape index (κ1) is 13.2. The van der Waals surface area contributed by atoms with Crippen LogP contribution in [0, 0.1) is 0 Å². The van der Waals surface area contributed by atoms with Crippen LogP contribution in [-0.4, -0.2) is 31.7 Å². The van der Waals surface area contributed by atoms with E-state index in [4.69, 9.17) is 25.8 Å². The van der Waals surface area contributed by atoms with Crippen LogP contribution in [0.2, 0.25) is 0 Å². The number of rotatable bonds is 8. The van der Waals surface area contributed by atoms with Gasteiger partial charge in [-0.3, -0.25) is 0 Å². The molecule has 0 amide bonds. The van der Waals surface area contributed by atoms with E-state index < -0.39 is 5.97 Å². The van der Waals surface area contributed by atoms with Gasteiger partial charge in [-0.05, 0) is 20.3 Å². The first-order chi connectivity index (χ1) is 6.24. The summed E-state index contributed by atoms with van der Waals surface area (Å²) in [6, 6.07) is 0. The summed E-state index contributed by atoms with van der Waals surface area (Å²) < 4.78 is 16.1. The molecule has 0 saturated carbocycles. The van der Waals surface area contributed by atoms with Gasteiger partial charge in [-0.2, -0.15) is 0 Å². The van der Waals surface area contributed by atoms with Crippen LogP contribution in [0.5, 0.6) is 0 Å². The maximum atomic E-state index is 5.74. The van der Waals surface area contributed by atoms with Gasteiger partial charge in [-0.25, -0.2) is 0 Å². The number of halogens is 1. The second kappa shape index (κ2) is 7.56. The SMILES string of the molecule is CCCOC(CCl)(OCC)OCC. The Morgan fingerprint density at radius 2 is 1.54 bits per heavy atom. The molecule has 0 rings (SSSR count). The van der Waals surface area contributed by atoms with Crippen molar-refractivity contribution in [1.29, 1.82) is 0 Å².